The van der Waals surface area contributed by atoms with Crippen molar-refractivity contribution in [2.24, 2.45) is 0 Å². The predicted octanol–water partition coefficient (Wildman–Crippen LogP) is 6.03. The fraction of sp³-hybridized carbons (Fsp3) is 0.474. The first-order valence-electron chi connectivity index (χ1n) is 16.9. The number of anilines is 1. The van der Waals surface area contributed by atoms with E-state index in [1.807, 2.05) is 89.5 Å². The standard InChI is InChI=1S/C38H50N4O4/c1-30(2)40-22-11-23-42(36(43)29-46-34-16-5-4-6-17-34)37-31(3)13-9-15-33(37)28-41(25-24-40)38(44)32-14-10-18-35(27-32)45-26-12-21-39-19-7-8-20-39/h4-6,9-10,13-18,27,30H,7-8,11-12,19-26,28-29H2,1-3H3. The number of benzene rings is 3. The molecule has 0 bridgehead atoms. The number of carbonyl (C=O) groups is 2. The summed E-state index contributed by atoms with van der Waals surface area (Å²) in [6.07, 6.45) is 4.36. The molecule has 0 N–H and O–H groups in total. The molecule has 3 aromatic carbocycles. The number of rotatable bonds is 10. The summed E-state index contributed by atoms with van der Waals surface area (Å²) in [5.74, 6) is 1.25. The molecule has 8 nitrogen and oxygen atoms in total. The number of nitrogens with zero attached hydrogens (tertiary/aromatic N) is 4. The van der Waals surface area contributed by atoms with Crippen molar-refractivity contribution in [3.05, 3.63) is 89.5 Å². The lowest BCUT2D eigenvalue weighted by Gasteiger charge is -2.30. The molecule has 5 rings (SSSR count). The third-order valence-electron chi connectivity index (χ3n) is 9.03. The molecule has 246 valence electrons. The SMILES string of the molecule is Cc1cccc2c1N(C(=O)COc1ccccc1)CCCN(C(C)C)CCN(C(=O)c1cccc(OCCCN3CCCC3)c1)C2. The van der Waals surface area contributed by atoms with E-state index in [1.54, 1.807) is 0 Å². The topological polar surface area (TPSA) is 65.6 Å². The van der Waals surface area contributed by atoms with Crippen LogP contribution < -0.4 is 14.4 Å². The Kier molecular flexibility index (Phi) is 12.1. The molecule has 2 aliphatic rings. The van der Waals surface area contributed by atoms with E-state index in [2.05, 4.69) is 23.6 Å². The van der Waals surface area contributed by atoms with Crippen molar-refractivity contribution in [3.8, 4) is 11.5 Å². The second kappa shape index (κ2) is 16.6. The number of amides is 2. The summed E-state index contributed by atoms with van der Waals surface area (Å²) in [4.78, 5) is 36.7. The van der Waals surface area contributed by atoms with Gasteiger partial charge in [-0.1, -0.05) is 42.5 Å². The van der Waals surface area contributed by atoms with Gasteiger partial charge in [0.1, 0.15) is 11.5 Å². The molecule has 0 aliphatic carbocycles. The summed E-state index contributed by atoms with van der Waals surface area (Å²) in [5.41, 5.74) is 3.44. The molecule has 1 saturated heterocycles. The monoisotopic (exact) mass is 626 g/mol. The Morgan fingerprint density at radius 3 is 2.33 bits per heavy atom. The number of hydrogen-bond acceptors (Lipinski definition) is 6. The third kappa shape index (κ3) is 9.10. The van der Waals surface area contributed by atoms with Crippen LogP contribution in [0.4, 0.5) is 5.69 Å². The summed E-state index contributed by atoms with van der Waals surface area (Å²) in [6, 6.07) is 23.4. The van der Waals surface area contributed by atoms with Crippen molar-refractivity contribution in [1.29, 1.82) is 0 Å². The highest BCUT2D eigenvalue weighted by Gasteiger charge is 2.26. The van der Waals surface area contributed by atoms with Crippen LogP contribution in [0.1, 0.15) is 61.0 Å². The van der Waals surface area contributed by atoms with E-state index in [0.29, 0.717) is 43.6 Å². The van der Waals surface area contributed by atoms with E-state index in [1.165, 1.54) is 25.9 Å². The molecule has 2 amide bonds. The quantitative estimate of drug-likeness (QED) is 0.256. The summed E-state index contributed by atoms with van der Waals surface area (Å²) in [6.45, 7) is 13.5. The minimum atomic E-state index is -0.0952. The zero-order valence-corrected chi connectivity index (χ0v) is 27.8. The maximum atomic E-state index is 14.2. The van der Waals surface area contributed by atoms with E-state index >= 15 is 0 Å². The molecular weight excluding hydrogens is 576 g/mol. The zero-order valence-electron chi connectivity index (χ0n) is 27.8. The Morgan fingerprint density at radius 1 is 0.783 bits per heavy atom. The van der Waals surface area contributed by atoms with Gasteiger partial charge in [-0.25, -0.2) is 0 Å². The van der Waals surface area contributed by atoms with Gasteiger partial charge >= 0.3 is 0 Å². The van der Waals surface area contributed by atoms with Crippen LogP contribution in [0.3, 0.4) is 0 Å². The Hall–Kier alpha value is -3.88. The van der Waals surface area contributed by atoms with Crippen molar-refractivity contribution in [1.82, 2.24) is 14.7 Å². The fourth-order valence-corrected chi connectivity index (χ4v) is 6.49. The van der Waals surface area contributed by atoms with Gasteiger partial charge in [-0.3, -0.25) is 14.5 Å². The van der Waals surface area contributed by atoms with E-state index in [4.69, 9.17) is 9.47 Å². The van der Waals surface area contributed by atoms with Crippen molar-refractivity contribution in [2.45, 2.75) is 59.0 Å². The van der Waals surface area contributed by atoms with Crippen LogP contribution in [-0.2, 0) is 11.3 Å². The number of aryl methyl sites for hydroxylation is 1. The summed E-state index contributed by atoms with van der Waals surface area (Å²) in [5, 5.41) is 0. The lowest BCUT2D eigenvalue weighted by Crippen LogP contribution is -2.41. The van der Waals surface area contributed by atoms with Gasteiger partial charge in [0.2, 0.25) is 0 Å². The number of likely N-dealkylation sites (tertiary alicyclic amines) is 1. The second-order valence-corrected chi connectivity index (χ2v) is 12.7. The minimum absolute atomic E-state index is 0.0387. The van der Waals surface area contributed by atoms with Crippen molar-refractivity contribution in [2.75, 3.05) is 63.9 Å². The van der Waals surface area contributed by atoms with E-state index in [0.717, 1.165) is 55.0 Å². The third-order valence-corrected chi connectivity index (χ3v) is 9.03. The minimum Gasteiger partial charge on any atom is -0.494 e. The number of hydrogen-bond donors (Lipinski definition) is 0. The van der Waals surface area contributed by atoms with Gasteiger partial charge in [0.15, 0.2) is 6.61 Å². The van der Waals surface area contributed by atoms with Crippen LogP contribution >= 0.6 is 0 Å². The van der Waals surface area contributed by atoms with Crippen molar-refractivity contribution < 1.29 is 19.1 Å². The Balaban J connectivity index is 1.36. The lowest BCUT2D eigenvalue weighted by molar-refractivity contribution is -0.120. The molecular formula is C38H50N4O4. The van der Waals surface area contributed by atoms with Crippen molar-refractivity contribution in [3.63, 3.8) is 0 Å². The molecule has 2 aliphatic heterocycles. The van der Waals surface area contributed by atoms with Crippen LogP contribution in [0.5, 0.6) is 11.5 Å². The zero-order chi connectivity index (χ0) is 32.3. The molecule has 0 saturated carbocycles. The highest BCUT2D eigenvalue weighted by molar-refractivity contribution is 5.97. The van der Waals surface area contributed by atoms with Gasteiger partial charge in [0, 0.05) is 50.9 Å². The summed E-state index contributed by atoms with van der Waals surface area (Å²) < 4.78 is 12.0. The molecule has 0 spiro atoms. The molecule has 0 radical (unpaired) electrons. The lowest BCUT2D eigenvalue weighted by atomic mass is 10.0. The molecule has 3 aromatic rings. The largest absolute Gasteiger partial charge is 0.494 e. The van der Waals surface area contributed by atoms with Gasteiger partial charge in [-0.15, -0.1) is 0 Å². The van der Waals surface area contributed by atoms with Crippen molar-refractivity contribution >= 4 is 17.5 Å². The van der Waals surface area contributed by atoms with Gasteiger partial charge in [0.05, 0.1) is 12.3 Å². The molecule has 0 unspecified atom stereocenters. The first kappa shape index (κ1) is 33.5. The molecule has 46 heavy (non-hydrogen) atoms. The van der Waals surface area contributed by atoms with E-state index in [9.17, 15) is 9.59 Å². The smallest absolute Gasteiger partial charge is 0.264 e. The highest BCUT2D eigenvalue weighted by Crippen LogP contribution is 2.29. The second-order valence-electron chi connectivity index (χ2n) is 12.7. The fourth-order valence-electron chi connectivity index (χ4n) is 6.49. The van der Waals surface area contributed by atoms with Crippen LogP contribution in [0.2, 0.25) is 0 Å². The van der Waals surface area contributed by atoms with Crippen LogP contribution in [-0.4, -0.2) is 91.6 Å². The van der Waals surface area contributed by atoms with Crippen LogP contribution in [0, 0.1) is 6.92 Å². The highest BCUT2D eigenvalue weighted by atomic mass is 16.5. The van der Waals surface area contributed by atoms with Crippen LogP contribution in [0.15, 0.2) is 72.8 Å². The van der Waals surface area contributed by atoms with Gasteiger partial charge in [-0.05, 0) is 101 Å². The molecule has 0 atom stereocenters. The average molecular weight is 627 g/mol. The number of ether oxygens (including phenoxy) is 2. The Labute approximate surface area is 274 Å². The average Bonchev–Trinajstić information content (AvgIpc) is 3.58. The molecule has 8 heteroatoms. The van der Waals surface area contributed by atoms with Gasteiger partial charge < -0.3 is 24.2 Å². The number of para-hydroxylation sites is 2. The first-order chi connectivity index (χ1) is 22.4. The van der Waals surface area contributed by atoms with E-state index < -0.39 is 0 Å². The summed E-state index contributed by atoms with van der Waals surface area (Å²) >= 11 is 0. The van der Waals surface area contributed by atoms with Crippen LogP contribution in [0.25, 0.3) is 0 Å². The predicted molar refractivity (Wildman–Crippen MR) is 184 cm³/mol. The summed E-state index contributed by atoms with van der Waals surface area (Å²) in [7, 11) is 0. The molecule has 0 aromatic heterocycles. The Bertz CT molecular complexity index is 1420. The number of fused-ring (bicyclic) bond motifs is 1. The molecule has 2 heterocycles. The normalized spacial score (nSPS) is 16.6. The van der Waals surface area contributed by atoms with Gasteiger partial charge in [0.25, 0.3) is 11.8 Å². The van der Waals surface area contributed by atoms with E-state index in [-0.39, 0.29) is 18.4 Å². The van der Waals surface area contributed by atoms with Gasteiger partial charge in [-0.2, -0.15) is 0 Å². The Morgan fingerprint density at radius 2 is 1.54 bits per heavy atom. The first-order valence-corrected chi connectivity index (χ1v) is 16.9. The maximum absolute atomic E-state index is 14.2. The maximum Gasteiger partial charge on any atom is 0.264 e. The molecule has 1 fully saturated rings. The number of carbonyl (C=O) groups excluding carboxylic acids is 2.